The first-order chi connectivity index (χ1) is 14.7. The van der Waals surface area contributed by atoms with Crippen LogP contribution < -0.4 is 19.5 Å². The van der Waals surface area contributed by atoms with Crippen molar-refractivity contribution in [2.24, 2.45) is 0 Å². The zero-order valence-electron chi connectivity index (χ0n) is 16.4. The zero-order valence-corrected chi connectivity index (χ0v) is 18.1. The summed E-state index contributed by atoms with van der Waals surface area (Å²) in [6, 6.07) is 4.80. The van der Waals surface area contributed by atoms with Gasteiger partial charge in [-0.3, -0.25) is 13.9 Å². The number of urea groups is 1. The molecule has 3 aromatic rings. The number of fused-ring (bicyclic) bond motifs is 1. The van der Waals surface area contributed by atoms with Crippen LogP contribution in [0.5, 0.6) is 11.8 Å². The van der Waals surface area contributed by atoms with E-state index >= 15 is 0 Å². The van der Waals surface area contributed by atoms with Crippen molar-refractivity contribution >= 4 is 38.7 Å². The van der Waals surface area contributed by atoms with Crippen molar-refractivity contribution in [3.05, 3.63) is 36.2 Å². The molecule has 13 nitrogen and oxygen atoms in total. The van der Waals surface area contributed by atoms with Crippen LogP contribution in [0.2, 0.25) is 0 Å². The van der Waals surface area contributed by atoms with Crippen LogP contribution in [0.25, 0.3) is 5.65 Å². The number of hydrogen-bond acceptors (Lipinski definition) is 10. The van der Waals surface area contributed by atoms with Gasteiger partial charge in [-0.1, -0.05) is 6.07 Å². The average Bonchev–Trinajstić information content (AvgIpc) is 3.12. The Morgan fingerprint density at radius 1 is 1.19 bits per heavy atom. The van der Waals surface area contributed by atoms with Crippen molar-refractivity contribution in [2.45, 2.75) is 17.2 Å². The van der Waals surface area contributed by atoms with Gasteiger partial charge in [0.1, 0.15) is 5.65 Å². The lowest BCUT2D eigenvalue weighted by atomic mass is 10.4. The van der Waals surface area contributed by atoms with Gasteiger partial charge in [0, 0.05) is 6.20 Å². The summed E-state index contributed by atoms with van der Waals surface area (Å²) < 4.78 is 61.8. The molecule has 0 saturated heterocycles. The Balaban J connectivity index is 1.96. The lowest BCUT2D eigenvalue weighted by Crippen LogP contribution is -2.36. The van der Waals surface area contributed by atoms with Crippen LogP contribution in [0.15, 0.2) is 35.5 Å². The van der Waals surface area contributed by atoms with E-state index in [1.165, 1.54) is 49.9 Å². The third kappa shape index (κ3) is 4.73. The van der Waals surface area contributed by atoms with E-state index in [-0.39, 0.29) is 29.0 Å². The first-order valence-corrected chi connectivity index (χ1v) is 11.1. The Morgan fingerprint density at radius 2 is 1.84 bits per heavy atom. The minimum atomic E-state index is -4.56. The second-order valence-electron chi connectivity index (χ2n) is 5.97. The molecule has 0 aromatic carbocycles. The number of carbonyl (C=O) groups excluding carboxylic acids is 1. The number of ether oxygens (including phenoxy) is 2. The molecule has 0 aliphatic carbocycles. The number of rotatable bonds is 7. The smallest absolute Gasteiger partial charge is 0.335 e. The summed E-state index contributed by atoms with van der Waals surface area (Å²) in [6.07, 6.45) is 1.38. The van der Waals surface area contributed by atoms with E-state index in [1.54, 1.807) is 6.07 Å². The van der Waals surface area contributed by atoms with E-state index < -0.39 is 37.4 Å². The van der Waals surface area contributed by atoms with Gasteiger partial charge in [0.25, 0.3) is 10.0 Å². The van der Waals surface area contributed by atoms with E-state index in [1.807, 2.05) is 4.72 Å². The fourth-order valence-electron chi connectivity index (χ4n) is 2.58. The summed E-state index contributed by atoms with van der Waals surface area (Å²) in [5, 5.41) is 0.430. The minimum Gasteiger partial charge on any atom is -0.772 e. The number of amides is 2. The monoisotopic (exact) mass is 469 g/mol. The number of methoxy groups -OCH3 is 2. The van der Waals surface area contributed by atoms with Gasteiger partial charge in [-0.15, -0.1) is 0 Å². The fourth-order valence-corrected chi connectivity index (χ4v) is 4.31. The average molecular weight is 469 g/mol. The Hall–Kier alpha value is -3.30. The standard InChI is InChI=1S/C16H18N6O7S2/c1-9(30(24)25)13-14(22-7-5-4-6-10(22)17-13)31(26,27)21-16(23)20-15-18-11(28-2)8-12(19-15)29-3/h4-9H,1-3H3,(H,24,25)(H2,18,19,20,21,23)/p-1. The summed E-state index contributed by atoms with van der Waals surface area (Å²) in [4.78, 5) is 24.2. The van der Waals surface area contributed by atoms with Crippen molar-refractivity contribution in [1.29, 1.82) is 0 Å². The van der Waals surface area contributed by atoms with Crippen molar-refractivity contribution in [1.82, 2.24) is 24.1 Å². The molecule has 0 spiro atoms. The highest BCUT2D eigenvalue weighted by Crippen LogP contribution is 2.27. The second-order valence-corrected chi connectivity index (χ2v) is 8.80. The van der Waals surface area contributed by atoms with Gasteiger partial charge < -0.3 is 14.0 Å². The van der Waals surface area contributed by atoms with Crippen LogP contribution in [0.1, 0.15) is 17.9 Å². The number of aromatic nitrogens is 4. The number of anilines is 1. The number of hydrogen-bond donors (Lipinski definition) is 2. The molecule has 3 aromatic heterocycles. The molecule has 2 unspecified atom stereocenters. The maximum absolute atomic E-state index is 13.0. The van der Waals surface area contributed by atoms with Crippen molar-refractivity contribution in [3.8, 4) is 11.8 Å². The topological polar surface area (TPSA) is 177 Å². The highest BCUT2D eigenvalue weighted by Gasteiger charge is 2.30. The number of carbonyl (C=O) groups is 1. The molecule has 2 N–H and O–H groups in total. The summed E-state index contributed by atoms with van der Waals surface area (Å²) in [5.74, 6) is -0.141. The molecule has 31 heavy (non-hydrogen) atoms. The normalized spacial score (nSPS) is 13.4. The number of imidazole rings is 1. The Labute approximate surface area is 179 Å². The van der Waals surface area contributed by atoms with Gasteiger partial charge in [-0.2, -0.15) is 18.4 Å². The zero-order chi connectivity index (χ0) is 22.8. The Bertz CT molecular complexity index is 1240. The van der Waals surface area contributed by atoms with E-state index in [4.69, 9.17) is 9.47 Å². The molecule has 3 heterocycles. The lowest BCUT2D eigenvalue weighted by Gasteiger charge is -2.15. The van der Waals surface area contributed by atoms with E-state index in [2.05, 4.69) is 20.3 Å². The van der Waals surface area contributed by atoms with Crippen LogP contribution >= 0.6 is 0 Å². The molecule has 0 bridgehead atoms. The fraction of sp³-hybridized carbons (Fsp3) is 0.250. The predicted molar refractivity (Wildman–Crippen MR) is 107 cm³/mol. The second kappa shape index (κ2) is 8.83. The molecule has 0 aliphatic heterocycles. The van der Waals surface area contributed by atoms with Crippen LogP contribution in [0.4, 0.5) is 10.7 Å². The first-order valence-electron chi connectivity index (χ1n) is 8.52. The Kier molecular flexibility index (Phi) is 6.37. The lowest BCUT2D eigenvalue weighted by molar-refractivity contribution is 0.256. The number of sulfonamides is 1. The third-order valence-electron chi connectivity index (χ3n) is 3.99. The van der Waals surface area contributed by atoms with Gasteiger partial charge in [-0.25, -0.2) is 14.5 Å². The summed E-state index contributed by atoms with van der Waals surface area (Å²) in [7, 11) is -1.88. The summed E-state index contributed by atoms with van der Waals surface area (Å²) in [6.45, 7) is 1.28. The van der Waals surface area contributed by atoms with Gasteiger partial charge >= 0.3 is 6.03 Å². The van der Waals surface area contributed by atoms with E-state index in [9.17, 15) is 22.0 Å². The molecule has 2 atom stereocenters. The molecule has 0 radical (unpaired) electrons. The minimum absolute atomic E-state index is 0.0702. The molecule has 0 fully saturated rings. The number of nitrogens with zero attached hydrogens (tertiary/aromatic N) is 4. The molecule has 0 aliphatic rings. The van der Waals surface area contributed by atoms with Gasteiger partial charge in [0.2, 0.25) is 17.7 Å². The molecule has 2 amide bonds. The molecule has 15 heteroatoms. The van der Waals surface area contributed by atoms with Crippen LogP contribution in [-0.2, 0) is 21.1 Å². The van der Waals surface area contributed by atoms with Crippen molar-refractivity contribution < 1.29 is 31.4 Å². The van der Waals surface area contributed by atoms with Crippen LogP contribution in [0, 0.1) is 0 Å². The highest BCUT2D eigenvalue weighted by atomic mass is 32.2. The molecule has 166 valence electrons. The van der Waals surface area contributed by atoms with Crippen LogP contribution in [-0.4, -0.2) is 56.8 Å². The number of nitrogens with one attached hydrogen (secondary N) is 2. The summed E-state index contributed by atoms with van der Waals surface area (Å²) >= 11 is -2.65. The number of pyridine rings is 1. The largest absolute Gasteiger partial charge is 0.772 e. The van der Waals surface area contributed by atoms with E-state index in [0.29, 0.717) is 0 Å². The van der Waals surface area contributed by atoms with Crippen LogP contribution in [0.3, 0.4) is 0 Å². The third-order valence-corrected chi connectivity index (χ3v) is 6.16. The van der Waals surface area contributed by atoms with E-state index in [0.717, 1.165) is 0 Å². The highest BCUT2D eigenvalue weighted by molar-refractivity contribution is 7.90. The molecular formula is C16H17N6O7S2-. The predicted octanol–water partition coefficient (Wildman–Crippen LogP) is 0.592. The van der Waals surface area contributed by atoms with Gasteiger partial charge in [0.15, 0.2) is 5.03 Å². The quantitative estimate of drug-likeness (QED) is 0.465. The van der Waals surface area contributed by atoms with Crippen molar-refractivity contribution in [2.75, 3.05) is 19.5 Å². The van der Waals surface area contributed by atoms with Gasteiger partial charge in [0.05, 0.1) is 31.2 Å². The van der Waals surface area contributed by atoms with Crippen molar-refractivity contribution in [3.63, 3.8) is 0 Å². The SMILES string of the molecule is COc1cc(OC)nc(NC(=O)NS(=O)(=O)c2c(C(C)S(=O)[O-])nc3ccccn23)n1. The molecule has 0 saturated carbocycles. The molecular weight excluding hydrogens is 452 g/mol. The Morgan fingerprint density at radius 3 is 2.42 bits per heavy atom. The maximum Gasteiger partial charge on any atom is 0.335 e. The van der Waals surface area contributed by atoms with Gasteiger partial charge in [-0.05, 0) is 30.1 Å². The first kappa shape index (κ1) is 22.4. The molecule has 3 rings (SSSR count). The maximum atomic E-state index is 13.0. The summed E-state index contributed by atoms with van der Waals surface area (Å²) in [5.41, 5.74) is -0.0458.